The van der Waals surface area contributed by atoms with E-state index < -0.39 is 5.97 Å². The van der Waals surface area contributed by atoms with Crippen LogP contribution in [0.4, 0.5) is 0 Å². The fourth-order valence-electron chi connectivity index (χ4n) is 2.12. The monoisotopic (exact) mass is 289 g/mol. The molecule has 0 atom stereocenters. The Hall–Kier alpha value is -1.65. The van der Waals surface area contributed by atoms with Gasteiger partial charge in [-0.05, 0) is 53.9 Å². The molecule has 0 aliphatic carbocycles. The van der Waals surface area contributed by atoms with Crippen LogP contribution in [0.25, 0.3) is 0 Å². The lowest BCUT2D eigenvalue weighted by molar-refractivity contribution is 0.0695. The van der Waals surface area contributed by atoms with E-state index in [4.69, 9.17) is 5.11 Å². The third-order valence-electron chi connectivity index (χ3n) is 3.37. The van der Waals surface area contributed by atoms with Gasteiger partial charge in [0, 0.05) is 13.1 Å². The molecule has 0 aliphatic heterocycles. The van der Waals surface area contributed by atoms with Gasteiger partial charge in [0.15, 0.2) is 0 Å². The zero-order valence-electron chi connectivity index (χ0n) is 11.6. The van der Waals surface area contributed by atoms with Crippen molar-refractivity contribution < 1.29 is 9.90 Å². The third-order valence-corrected chi connectivity index (χ3v) is 4.10. The molecule has 0 fully saturated rings. The van der Waals surface area contributed by atoms with Crippen molar-refractivity contribution >= 4 is 17.3 Å². The highest BCUT2D eigenvalue weighted by molar-refractivity contribution is 7.07. The number of benzene rings is 1. The van der Waals surface area contributed by atoms with Crippen molar-refractivity contribution in [2.75, 3.05) is 20.1 Å². The topological polar surface area (TPSA) is 40.5 Å². The summed E-state index contributed by atoms with van der Waals surface area (Å²) in [6.45, 7) is 1.86. The van der Waals surface area contributed by atoms with E-state index in [1.165, 1.54) is 5.56 Å². The number of carboxylic acids is 1. The Kier molecular flexibility index (Phi) is 5.32. The van der Waals surface area contributed by atoms with Crippen LogP contribution in [-0.2, 0) is 12.8 Å². The predicted octanol–water partition coefficient (Wildman–Crippen LogP) is 3.16. The largest absolute Gasteiger partial charge is 0.478 e. The summed E-state index contributed by atoms with van der Waals surface area (Å²) in [4.78, 5) is 13.4. The van der Waals surface area contributed by atoms with E-state index in [-0.39, 0.29) is 0 Å². The molecule has 0 saturated carbocycles. The quantitative estimate of drug-likeness (QED) is 0.851. The Balaban J connectivity index is 1.84. The van der Waals surface area contributed by atoms with E-state index in [9.17, 15) is 4.79 Å². The van der Waals surface area contributed by atoms with E-state index in [2.05, 4.69) is 28.8 Å². The lowest BCUT2D eigenvalue weighted by atomic mass is 10.0. The fraction of sp³-hybridized carbons (Fsp3) is 0.312. The number of hydrogen-bond acceptors (Lipinski definition) is 3. The number of likely N-dealkylation sites (N-methyl/N-ethyl adjacent to an activating group) is 1. The Morgan fingerprint density at radius 3 is 2.65 bits per heavy atom. The van der Waals surface area contributed by atoms with Gasteiger partial charge in [-0.3, -0.25) is 0 Å². The smallest absolute Gasteiger partial charge is 0.335 e. The molecule has 0 aliphatic rings. The first-order chi connectivity index (χ1) is 9.66. The molecule has 1 aromatic carbocycles. The average Bonchev–Trinajstić information content (AvgIpc) is 2.96. The van der Waals surface area contributed by atoms with Crippen LogP contribution < -0.4 is 0 Å². The third kappa shape index (κ3) is 4.18. The van der Waals surface area contributed by atoms with Crippen molar-refractivity contribution in [2.24, 2.45) is 0 Å². The van der Waals surface area contributed by atoms with Crippen LogP contribution in [-0.4, -0.2) is 36.1 Å². The highest BCUT2D eigenvalue weighted by Crippen LogP contribution is 2.11. The zero-order chi connectivity index (χ0) is 14.4. The maximum absolute atomic E-state index is 11.1. The van der Waals surface area contributed by atoms with Crippen LogP contribution in [0.1, 0.15) is 21.5 Å². The molecule has 20 heavy (non-hydrogen) atoms. The molecular weight excluding hydrogens is 270 g/mol. The molecule has 2 rings (SSSR count). The molecule has 1 heterocycles. The van der Waals surface area contributed by atoms with E-state index in [1.807, 2.05) is 12.1 Å². The number of nitrogens with zero attached hydrogens (tertiary/aromatic N) is 1. The number of hydrogen-bond donors (Lipinski definition) is 1. The minimum Gasteiger partial charge on any atom is -0.478 e. The SMILES string of the molecule is CN(CCc1ccsc1)CCc1ccccc1C(=O)O. The molecule has 1 N–H and O–H groups in total. The number of aromatic carboxylic acids is 1. The molecule has 106 valence electrons. The Labute approximate surface area is 123 Å². The summed E-state index contributed by atoms with van der Waals surface area (Å²) in [6, 6.07) is 9.39. The van der Waals surface area contributed by atoms with Crippen molar-refractivity contribution in [1.82, 2.24) is 4.90 Å². The summed E-state index contributed by atoms with van der Waals surface area (Å²) >= 11 is 1.72. The Morgan fingerprint density at radius 2 is 1.95 bits per heavy atom. The molecule has 0 saturated heterocycles. The van der Waals surface area contributed by atoms with Crippen LogP contribution in [0.3, 0.4) is 0 Å². The Bertz CT molecular complexity index is 551. The van der Waals surface area contributed by atoms with Crippen LogP contribution in [0.15, 0.2) is 41.1 Å². The summed E-state index contributed by atoms with van der Waals surface area (Å²) < 4.78 is 0. The van der Waals surface area contributed by atoms with Crippen molar-refractivity contribution in [2.45, 2.75) is 12.8 Å². The van der Waals surface area contributed by atoms with Gasteiger partial charge in [-0.25, -0.2) is 4.79 Å². The van der Waals surface area contributed by atoms with Gasteiger partial charge < -0.3 is 10.0 Å². The maximum Gasteiger partial charge on any atom is 0.335 e. The minimum absolute atomic E-state index is 0.415. The van der Waals surface area contributed by atoms with E-state index in [1.54, 1.807) is 23.5 Å². The summed E-state index contributed by atoms with van der Waals surface area (Å²) in [6.07, 6.45) is 1.81. The maximum atomic E-state index is 11.1. The molecule has 0 radical (unpaired) electrons. The normalized spacial score (nSPS) is 10.9. The van der Waals surface area contributed by atoms with Crippen molar-refractivity contribution in [1.29, 1.82) is 0 Å². The van der Waals surface area contributed by atoms with Gasteiger partial charge >= 0.3 is 5.97 Å². The number of carbonyl (C=O) groups is 1. The molecular formula is C16H19NO2S. The van der Waals surface area contributed by atoms with Gasteiger partial charge in [-0.2, -0.15) is 11.3 Å². The second kappa shape index (κ2) is 7.22. The van der Waals surface area contributed by atoms with Gasteiger partial charge in [0.1, 0.15) is 0 Å². The van der Waals surface area contributed by atoms with Gasteiger partial charge in [-0.1, -0.05) is 18.2 Å². The van der Waals surface area contributed by atoms with Gasteiger partial charge in [-0.15, -0.1) is 0 Å². The second-order valence-electron chi connectivity index (χ2n) is 4.90. The van der Waals surface area contributed by atoms with Crippen LogP contribution >= 0.6 is 11.3 Å². The van der Waals surface area contributed by atoms with E-state index in [0.717, 1.165) is 31.5 Å². The minimum atomic E-state index is -0.846. The Morgan fingerprint density at radius 1 is 1.20 bits per heavy atom. The predicted molar refractivity (Wildman–Crippen MR) is 82.6 cm³/mol. The molecule has 2 aromatic rings. The molecule has 0 bridgehead atoms. The first kappa shape index (κ1) is 14.8. The highest BCUT2D eigenvalue weighted by atomic mass is 32.1. The van der Waals surface area contributed by atoms with Crippen LogP contribution in [0, 0.1) is 0 Å². The van der Waals surface area contributed by atoms with Crippen molar-refractivity contribution in [3.05, 3.63) is 57.8 Å². The van der Waals surface area contributed by atoms with E-state index in [0.29, 0.717) is 5.56 Å². The molecule has 4 heteroatoms. The van der Waals surface area contributed by atoms with Gasteiger partial charge in [0.25, 0.3) is 0 Å². The van der Waals surface area contributed by atoms with Crippen LogP contribution in [0.5, 0.6) is 0 Å². The first-order valence-electron chi connectivity index (χ1n) is 6.67. The van der Waals surface area contributed by atoms with Crippen LogP contribution in [0.2, 0.25) is 0 Å². The lowest BCUT2D eigenvalue weighted by Gasteiger charge is -2.16. The molecule has 0 spiro atoms. The van der Waals surface area contributed by atoms with Crippen molar-refractivity contribution in [3.63, 3.8) is 0 Å². The highest BCUT2D eigenvalue weighted by Gasteiger charge is 2.09. The lowest BCUT2D eigenvalue weighted by Crippen LogP contribution is -2.24. The zero-order valence-corrected chi connectivity index (χ0v) is 12.4. The molecule has 3 nitrogen and oxygen atoms in total. The summed E-state index contributed by atoms with van der Waals surface area (Å²) in [7, 11) is 2.08. The summed E-state index contributed by atoms with van der Waals surface area (Å²) in [5, 5.41) is 13.4. The van der Waals surface area contributed by atoms with E-state index >= 15 is 0 Å². The number of carboxylic acid groups (broad SMARTS) is 1. The first-order valence-corrected chi connectivity index (χ1v) is 7.62. The summed E-state index contributed by atoms with van der Waals surface area (Å²) in [5.41, 5.74) is 2.69. The number of rotatable bonds is 7. The fourth-order valence-corrected chi connectivity index (χ4v) is 2.83. The van der Waals surface area contributed by atoms with Gasteiger partial charge in [0.2, 0.25) is 0 Å². The standard InChI is InChI=1S/C16H19NO2S/c1-17(9-6-13-8-11-20-12-13)10-7-14-4-2-3-5-15(14)16(18)19/h2-5,8,11-12H,6-7,9-10H2,1H3,(H,18,19). The second-order valence-corrected chi connectivity index (χ2v) is 5.68. The molecule has 0 amide bonds. The van der Waals surface area contributed by atoms with Crippen molar-refractivity contribution in [3.8, 4) is 0 Å². The average molecular weight is 289 g/mol. The molecule has 1 aromatic heterocycles. The number of thiophene rings is 1. The van der Waals surface area contributed by atoms with Gasteiger partial charge in [0.05, 0.1) is 5.56 Å². The molecule has 0 unspecified atom stereocenters. The summed E-state index contributed by atoms with van der Waals surface area (Å²) in [5.74, 6) is -0.846.